The molecule has 17 nitrogen and oxygen atoms in total. The molecule has 12 N–H and O–H groups in total. The Morgan fingerprint density at radius 1 is 0.600 bits per heavy atom. The van der Waals surface area contributed by atoms with Crippen molar-refractivity contribution in [2.45, 2.75) is 91.8 Å². The minimum Gasteiger partial charge on any atom is -0.394 e. The molecule has 0 aromatic carbocycles. The Morgan fingerprint density at radius 3 is 1.71 bits per heavy atom. The maximum atomic E-state index is 10.6. The van der Waals surface area contributed by atoms with E-state index in [2.05, 4.69) is 0 Å². The van der Waals surface area contributed by atoms with Gasteiger partial charge in [-0.3, -0.25) is 0 Å². The summed E-state index contributed by atoms with van der Waals surface area (Å²) in [6.07, 6.45) is -25.8. The zero-order chi connectivity index (χ0) is 26.2. The van der Waals surface area contributed by atoms with Crippen molar-refractivity contribution in [3.63, 3.8) is 0 Å². The molecule has 3 saturated heterocycles. The lowest BCUT2D eigenvalue weighted by Gasteiger charge is -2.49. The fraction of sp³-hybridized carbons (Fsp3) is 1.00. The molecule has 35 heavy (non-hydrogen) atoms. The summed E-state index contributed by atoms with van der Waals surface area (Å²) in [5.41, 5.74) is 0. The normalized spacial score (nSPS) is 53.5. The second-order valence-corrected chi connectivity index (χ2v) is 8.51. The molecule has 3 fully saturated rings. The van der Waals surface area contributed by atoms with Gasteiger partial charge in [0.1, 0.15) is 67.1 Å². The van der Waals surface area contributed by atoms with Gasteiger partial charge in [0.15, 0.2) is 18.7 Å². The van der Waals surface area contributed by atoms with Gasteiger partial charge in [0, 0.05) is 0 Å². The van der Waals surface area contributed by atoms with Crippen molar-refractivity contribution in [2.75, 3.05) is 19.8 Å². The minimum absolute atomic E-state index is 0.797. The summed E-state index contributed by atoms with van der Waals surface area (Å²) < 4.78 is 25.8. The van der Waals surface area contributed by atoms with Crippen molar-refractivity contribution in [3.05, 3.63) is 0 Å². The molecule has 3 aliphatic heterocycles. The Balaban J connectivity index is 1.76. The van der Waals surface area contributed by atoms with Crippen LogP contribution < -0.4 is 0 Å². The van der Waals surface area contributed by atoms with Gasteiger partial charge >= 0.3 is 5.97 Å². The average molecular weight is 520 g/mol. The Hall–Kier alpha value is -0.680. The van der Waals surface area contributed by atoms with Crippen LogP contribution in [-0.2, 0) is 23.7 Å². The van der Waals surface area contributed by atoms with E-state index in [1.807, 2.05) is 0 Å². The van der Waals surface area contributed by atoms with Gasteiger partial charge in [0.2, 0.25) is 0 Å². The van der Waals surface area contributed by atoms with Crippen LogP contribution in [-0.4, -0.2) is 173 Å². The molecule has 17 heteroatoms. The lowest BCUT2D eigenvalue weighted by molar-refractivity contribution is -0.475. The zero-order valence-corrected chi connectivity index (χ0v) is 18.1. The summed E-state index contributed by atoms with van der Waals surface area (Å²) in [6, 6.07) is 0. The van der Waals surface area contributed by atoms with E-state index in [1.165, 1.54) is 0 Å². The predicted octanol–water partition coefficient (Wildman–Crippen LogP) is -8.25. The van der Waals surface area contributed by atoms with Crippen molar-refractivity contribution in [3.8, 4) is 0 Å². The Morgan fingerprint density at radius 2 is 1.14 bits per heavy atom. The van der Waals surface area contributed by atoms with Crippen LogP contribution in [0, 0.1) is 0 Å². The zero-order valence-electron chi connectivity index (χ0n) is 18.1. The van der Waals surface area contributed by atoms with Crippen LogP contribution >= 0.6 is 0 Å². The molecule has 206 valence electrons. The molecule has 3 heterocycles. The third kappa shape index (κ3) is 5.47. The molecule has 3 aliphatic rings. The number of hydrogen-bond donors (Lipinski definition) is 12. The van der Waals surface area contributed by atoms with Gasteiger partial charge in [-0.25, -0.2) is 0 Å². The van der Waals surface area contributed by atoms with Crippen molar-refractivity contribution >= 4 is 0 Å². The van der Waals surface area contributed by atoms with Crippen LogP contribution in [0.1, 0.15) is 0 Å². The summed E-state index contributed by atoms with van der Waals surface area (Å²) in [7, 11) is 0. The van der Waals surface area contributed by atoms with Gasteiger partial charge in [0.25, 0.3) is 0 Å². The maximum Gasteiger partial charge on any atom is 0.311 e. The molecule has 0 aliphatic carbocycles. The highest BCUT2D eigenvalue weighted by Crippen LogP contribution is 2.35. The fourth-order valence-corrected chi connectivity index (χ4v) is 4.12. The Labute approximate surface area is 197 Å². The number of aliphatic hydroxyl groups excluding tert-OH is 11. The van der Waals surface area contributed by atoms with Gasteiger partial charge in [-0.05, 0) is 0 Å². The van der Waals surface area contributed by atoms with Crippen molar-refractivity contribution in [1.29, 1.82) is 0 Å². The molecule has 0 bridgehead atoms. The number of ether oxygens (including phenoxy) is 5. The number of rotatable bonds is 7. The first-order valence-electron chi connectivity index (χ1n) is 10.7. The number of hydrogen-bond acceptors (Lipinski definition) is 17. The van der Waals surface area contributed by atoms with E-state index in [-0.39, 0.29) is 0 Å². The van der Waals surface area contributed by atoms with Gasteiger partial charge in [-0.15, -0.1) is 0 Å². The smallest absolute Gasteiger partial charge is 0.311 e. The number of aliphatic hydroxyl groups is 12. The molecule has 0 amide bonds. The van der Waals surface area contributed by atoms with E-state index in [9.17, 15) is 61.3 Å². The van der Waals surface area contributed by atoms with Crippen molar-refractivity contribution in [1.82, 2.24) is 0 Å². The standard InChI is InChI=1S/C18H32O17/c19-1-4-7(22)10(25)15(28)18(30,34-4)35-14-6(3-21)32-17(12(27)9(14)24)33-13-5(2-20)31-16(29)11(26)8(13)23/h4-17,19-30H,1-3H2/t4-,5-,6-,7-,8-,9-,10+,11-,12-,13-,14-,15-,16+,17?,18?/m1/s1. The van der Waals surface area contributed by atoms with E-state index in [0.29, 0.717) is 0 Å². The second-order valence-electron chi connectivity index (χ2n) is 8.51. The highest BCUT2D eigenvalue weighted by atomic mass is 16.8. The van der Waals surface area contributed by atoms with Crippen LogP contribution in [0.2, 0.25) is 0 Å². The monoisotopic (exact) mass is 520 g/mol. The second kappa shape index (κ2) is 11.4. The van der Waals surface area contributed by atoms with Crippen molar-refractivity contribution in [2.24, 2.45) is 0 Å². The van der Waals surface area contributed by atoms with Gasteiger partial charge in [-0.1, -0.05) is 0 Å². The quantitative estimate of drug-likeness (QED) is 0.139. The SMILES string of the molecule is OC[C@H]1OC(O)(O[C@H]2[C@H](O)[C@@H](O)C(O[C@H]3[C@H](O)[C@@H](O)[C@@H](O)O[C@@H]3CO)O[C@@H]2CO)[C@H](O)[C@@H](O)[C@@H]1O. The van der Waals surface area contributed by atoms with Crippen LogP contribution in [0.3, 0.4) is 0 Å². The minimum atomic E-state index is -3.14. The van der Waals surface area contributed by atoms with Crippen LogP contribution in [0.25, 0.3) is 0 Å². The van der Waals surface area contributed by atoms with E-state index < -0.39 is 112 Å². The van der Waals surface area contributed by atoms with Crippen molar-refractivity contribution < 1.29 is 85.0 Å². The first kappa shape index (κ1) is 28.9. The molecule has 0 radical (unpaired) electrons. The van der Waals surface area contributed by atoms with E-state index >= 15 is 0 Å². The van der Waals surface area contributed by atoms with Crippen LogP contribution in [0.5, 0.6) is 0 Å². The molecule has 2 unspecified atom stereocenters. The van der Waals surface area contributed by atoms with E-state index in [1.54, 1.807) is 0 Å². The first-order chi connectivity index (χ1) is 16.4. The largest absolute Gasteiger partial charge is 0.394 e. The van der Waals surface area contributed by atoms with Gasteiger partial charge in [-0.2, -0.15) is 0 Å². The maximum absolute atomic E-state index is 10.6. The third-order valence-electron chi connectivity index (χ3n) is 6.18. The van der Waals surface area contributed by atoms with E-state index in [4.69, 9.17) is 23.7 Å². The highest BCUT2D eigenvalue weighted by molar-refractivity contribution is 4.97. The predicted molar refractivity (Wildman–Crippen MR) is 102 cm³/mol. The summed E-state index contributed by atoms with van der Waals surface area (Å²) >= 11 is 0. The molecule has 0 aromatic rings. The highest BCUT2D eigenvalue weighted by Gasteiger charge is 2.58. The molecule has 0 saturated carbocycles. The summed E-state index contributed by atoms with van der Waals surface area (Å²) in [4.78, 5) is 0. The molecule has 0 spiro atoms. The summed E-state index contributed by atoms with van der Waals surface area (Å²) in [6.45, 7) is -2.65. The first-order valence-corrected chi connectivity index (χ1v) is 10.7. The topological polar surface area (TPSA) is 289 Å². The Bertz CT molecular complexity index is 679. The lowest BCUT2D eigenvalue weighted by atomic mass is 9.95. The summed E-state index contributed by atoms with van der Waals surface area (Å²) in [5.74, 6) is -3.14. The lowest BCUT2D eigenvalue weighted by Crippen LogP contribution is -2.70. The molecule has 0 aromatic heterocycles. The van der Waals surface area contributed by atoms with Crippen LogP contribution in [0.4, 0.5) is 0 Å². The summed E-state index contributed by atoms with van der Waals surface area (Å²) in [5, 5.41) is 120. The molecular formula is C18H32O17. The Kier molecular flexibility index (Phi) is 9.39. The third-order valence-corrected chi connectivity index (χ3v) is 6.18. The average Bonchev–Trinajstić information content (AvgIpc) is 2.84. The van der Waals surface area contributed by atoms with Gasteiger partial charge in [0.05, 0.1) is 19.8 Å². The molecule has 15 atom stereocenters. The molecule has 3 rings (SSSR count). The molecular weight excluding hydrogens is 488 g/mol. The van der Waals surface area contributed by atoms with Crippen LogP contribution in [0.15, 0.2) is 0 Å². The van der Waals surface area contributed by atoms with Gasteiger partial charge < -0.3 is 85.0 Å². The van der Waals surface area contributed by atoms with E-state index in [0.717, 1.165) is 0 Å². The fourth-order valence-electron chi connectivity index (χ4n) is 4.12.